The number of rotatable bonds is 4. The summed E-state index contributed by atoms with van der Waals surface area (Å²) >= 11 is 6.21. The Morgan fingerprint density at radius 2 is 1.96 bits per heavy atom. The van der Waals surface area contributed by atoms with Crippen LogP contribution < -0.4 is 4.74 Å². The second kappa shape index (κ2) is 6.32. The number of nitrogens with one attached hydrogen (secondary N) is 1. The molecule has 0 unspecified atom stereocenters. The summed E-state index contributed by atoms with van der Waals surface area (Å²) in [4.78, 5) is 20.6. The first-order valence-corrected chi connectivity index (χ1v) is 8.41. The maximum absolute atomic E-state index is 13.0. The second-order valence-corrected chi connectivity index (χ2v) is 6.31. The van der Waals surface area contributed by atoms with Gasteiger partial charge < -0.3 is 9.72 Å². The average molecular weight is 363 g/mol. The highest BCUT2D eigenvalue weighted by Gasteiger charge is 2.20. The van der Waals surface area contributed by atoms with Crippen LogP contribution in [0.4, 0.5) is 0 Å². The number of Topliss-reactive ketones (excluding diaryl/α,β-unsaturated/α-hetero) is 1. The molecular formula is C21H15ClN2O2. The Hall–Kier alpha value is -3.11. The quantitative estimate of drug-likeness (QED) is 0.397. The van der Waals surface area contributed by atoms with Gasteiger partial charge in [0.05, 0.1) is 12.6 Å². The van der Waals surface area contributed by atoms with E-state index in [1.807, 2.05) is 36.4 Å². The van der Waals surface area contributed by atoms with E-state index >= 15 is 0 Å². The van der Waals surface area contributed by atoms with Crippen molar-refractivity contribution >= 4 is 44.8 Å². The predicted molar refractivity (Wildman–Crippen MR) is 105 cm³/mol. The SMILES string of the molecule is C=C(C(=O)c1nccc2c1[nH]c1ccc(OC)cc12)c1ccccc1Cl. The summed E-state index contributed by atoms with van der Waals surface area (Å²) < 4.78 is 5.30. The van der Waals surface area contributed by atoms with Gasteiger partial charge in [-0.2, -0.15) is 0 Å². The number of halogens is 1. The molecule has 26 heavy (non-hydrogen) atoms. The molecule has 0 amide bonds. The summed E-state index contributed by atoms with van der Waals surface area (Å²) in [5.74, 6) is 0.491. The summed E-state index contributed by atoms with van der Waals surface area (Å²) in [5.41, 5.74) is 2.82. The molecule has 0 saturated heterocycles. The number of benzene rings is 2. The monoisotopic (exact) mass is 362 g/mol. The molecule has 2 aromatic carbocycles. The third-order valence-electron chi connectivity index (χ3n) is 4.42. The zero-order valence-electron chi connectivity index (χ0n) is 14.0. The lowest BCUT2D eigenvalue weighted by atomic mass is 10.00. The van der Waals surface area contributed by atoms with Gasteiger partial charge in [-0.25, -0.2) is 0 Å². The van der Waals surface area contributed by atoms with Crippen molar-refractivity contribution in [2.75, 3.05) is 7.11 Å². The van der Waals surface area contributed by atoms with E-state index in [-0.39, 0.29) is 5.78 Å². The Labute approximate surface area is 155 Å². The van der Waals surface area contributed by atoms with Gasteiger partial charge in [0.25, 0.3) is 0 Å². The normalized spacial score (nSPS) is 11.0. The Kier molecular flexibility index (Phi) is 3.98. The summed E-state index contributed by atoms with van der Waals surface area (Å²) in [6, 6.07) is 14.8. The Bertz CT molecular complexity index is 1180. The fourth-order valence-electron chi connectivity index (χ4n) is 3.07. The lowest BCUT2D eigenvalue weighted by Gasteiger charge is -2.07. The smallest absolute Gasteiger partial charge is 0.213 e. The van der Waals surface area contributed by atoms with Crippen molar-refractivity contribution in [1.82, 2.24) is 9.97 Å². The van der Waals surface area contributed by atoms with Crippen LogP contribution in [0.3, 0.4) is 0 Å². The van der Waals surface area contributed by atoms with Crippen LogP contribution in [0.5, 0.6) is 5.75 Å². The van der Waals surface area contributed by atoms with E-state index in [1.165, 1.54) is 0 Å². The Balaban J connectivity index is 1.88. The first-order valence-electron chi connectivity index (χ1n) is 8.03. The molecule has 0 bridgehead atoms. The molecule has 0 radical (unpaired) electrons. The van der Waals surface area contributed by atoms with Gasteiger partial charge in [-0.05, 0) is 30.3 Å². The van der Waals surface area contributed by atoms with E-state index in [1.54, 1.807) is 25.4 Å². The van der Waals surface area contributed by atoms with Crippen molar-refractivity contribution < 1.29 is 9.53 Å². The van der Waals surface area contributed by atoms with Crippen molar-refractivity contribution in [3.63, 3.8) is 0 Å². The highest BCUT2D eigenvalue weighted by Crippen LogP contribution is 2.32. The van der Waals surface area contributed by atoms with Gasteiger partial charge in [-0.1, -0.05) is 36.4 Å². The molecule has 128 valence electrons. The molecule has 0 spiro atoms. The molecule has 1 N–H and O–H groups in total. The van der Waals surface area contributed by atoms with Gasteiger partial charge in [0.15, 0.2) is 0 Å². The van der Waals surface area contributed by atoms with Crippen molar-refractivity contribution in [1.29, 1.82) is 0 Å². The number of aromatic nitrogens is 2. The van der Waals surface area contributed by atoms with Gasteiger partial charge in [0.1, 0.15) is 11.4 Å². The minimum absolute atomic E-state index is 0.262. The molecule has 4 nitrogen and oxygen atoms in total. The van der Waals surface area contributed by atoms with Gasteiger partial charge >= 0.3 is 0 Å². The number of methoxy groups -OCH3 is 1. The minimum atomic E-state index is -0.262. The Morgan fingerprint density at radius 1 is 1.15 bits per heavy atom. The fraction of sp³-hybridized carbons (Fsp3) is 0.0476. The molecule has 4 aromatic rings. The van der Waals surface area contributed by atoms with Crippen LogP contribution in [0.2, 0.25) is 5.02 Å². The molecule has 0 aliphatic carbocycles. The fourth-order valence-corrected chi connectivity index (χ4v) is 3.32. The number of fused-ring (bicyclic) bond motifs is 3. The Morgan fingerprint density at radius 3 is 2.73 bits per heavy atom. The van der Waals surface area contributed by atoms with Crippen LogP contribution in [0, 0.1) is 0 Å². The summed E-state index contributed by atoms with van der Waals surface area (Å²) in [7, 11) is 1.63. The number of aromatic amines is 1. The van der Waals surface area contributed by atoms with Gasteiger partial charge in [0.2, 0.25) is 5.78 Å². The largest absolute Gasteiger partial charge is 0.497 e. The third-order valence-corrected chi connectivity index (χ3v) is 4.75. The zero-order chi connectivity index (χ0) is 18.3. The highest BCUT2D eigenvalue weighted by molar-refractivity contribution is 6.37. The number of hydrogen-bond acceptors (Lipinski definition) is 3. The van der Waals surface area contributed by atoms with Gasteiger partial charge in [-0.15, -0.1) is 0 Å². The second-order valence-electron chi connectivity index (χ2n) is 5.91. The van der Waals surface area contributed by atoms with Crippen LogP contribution in [-0.2, 0) is 0 Å². The first-order chi connectivity index (χ1) is 12.6. The molecule has 5 heteroatoms. The van der Waals surface area contributed by atoms with E-state index in [9.17, 15) is 4.79 Å². The minimum Gasteiger partial charge on any atom is -0.497 e. The van der Waals surface area contributed by atoms with Crippen LogP contribution >= 0.6 is 11.6 Å². The number of hydrogen-bond donors (Lipinski definition) is 1. The van der Waals surface area contributed by atoms with E-state index in [0.29, 0.717) is 27.4 Å². The molecular weight excluding hydrogens is 348 g/mol. The maximum Gasteiger partial charge on any atom is 0.213 e. The van der Waals surface area contributed by atoms with E-state index in [4.69, 9.17) is 16.3 Å². The van der Waals surface area contributed by atoms with Crippen molar-refractivity contribution in [3.05, 3.63) is 77.6 Å². The topological polar surface area (TPSA) is 55.0 Å². The molecule has 0 aliphatic heterocycles. The lowest BCUT2D eigenvalue weighted by molar-refractivity contribution is 0.105. The standard InChI is InChI=1S/C21H15ClN2O2/c1-12(14-5-3-4-6-17(14)22)21(25)20-19-15(9-10-23-20)16-11-13(26-2)7-8-18(16)24-19/h3-11,24H,1H2,2H3. The van der Waals surface area contributed by atoms with Crippen LogP contribution in [0.15, 0.2) is 61.3 Å². The van der Waals surface area contributed by atoms with Gasteiger partial charge in [-0.3, -0.25) is 9.78 Å². The third kappa shape index (κ3) is 2.55. The number of allylic oxidation sites excluding steroid dienone is 1. The summed E-state index contributed by atoms with van der Waals surface area (Å²) in [5, 5.41) is 2.36. The van der Waals surface area contributed by atoms with Crippen LogP contribution in [0.1, 0.15) is 16.1 Å². The van der Waals surface area contributed by atoms with E-state index < -0.39 is 0 Å². The number of ketones is 1. The summed E-state index contributed by atoms with van der Waals surface area (Å²) in [6.07, 6.45) is 1.63. The predicted octanol–water partition coefficient (Wildman–Crippen LogP) is 5.27. The number of pyridine rings is 1. The highest BCUT2D eigenvalue weighted by atomic mass is 35.5. The van der Waals surface area contributed by atoms with E-state index in [2.05, 4.69) is 16.5 Å². The van der Waals surface area contributed by atoms with Crippen LogP contribution in [-0.4, -0.2) is 22.9 Å². The van der Waals surface area contributed by atoms with Crippen molar-refractivity contribution in [2.24, 2.45) is 0 Å². The van der Waals surface area contributed by atoms with Crippen molar-refractivity contribution in [2.45, 2.75) is 0 Å². The molecule has 0 aliphatic rings. The maximum atomic E-state index is 13.0. The lowest BCUT2D eigenvalue weighted by Crippen LogP contribution is -2.05. The van der Waals surface area contributed by atoms with E-state index in [0.717, 1.165) is 22.0 Å². The number of ether oxygens (including phenoxy) is 1. The molecule has 2 heterocycles. The molecule has 4 rings (SSSR count). The van der Waals surface area contributed by atoms with Crippen LogP contribution in [0.25, 0.3) is 27.4 Å². The zero-order valence-corrected chi connectivity index (χ0v) is 14.8. The molecule has 0 saturated carbocycles. The number of carbonyl (C=O) groups excluding carboxylic acids is 1. The van der Waals surface area contributed by atoms with Crippen molar-refractivity contribution in [3.8, 4) is 5.75 Å². The number of carbonyl (C=O) groups is 1. The first kappa shape index (κ1) is 16.4. The average Bonchev–Trinajstić information content (AvgIpc) is 3.05. The molecule has 2 aromatic heterocycles. The molecule has 0 fully saturated rings. The number of H-pyrrole nitrogens is 1. The van der Waals surface area contributed by atoms with Gasteiger partial charge in [0, 0.05) is 38.6 Å². The number of nitrogens with zero attached hydrogens (tertiary/aromatic N) is 1. The molecule has 0 atom stereocenters. The summed E-state index contributed by atoms with van der Waals surface area (Å²) in [6.45, 7) is 3.94.